The molecule has 0 aliphatic rings. The molecule has 0 radical (unpaired) electrons. The van der Waals surface area contributed by atoms with Crippen LogP contribution in [0, 0.1) is 5.41 Å². The number of rotatable bonds is 13. The fourth-order valence-electron chi connectivity index (χ4n) is 4.61. The molecule has 37 heavy (non-hydrogen) atoms. The first-order chi connectivity index (χ1) is 17.6. The number of hydrogen-bond donors (Lipinski definition) is 1. The monoisotopic (exact) mass is 508 g/mol. The average molecular weight is 509 g/mol. The van der Waals surface area contributed by atoms with E-state index in [1.165, 1.54) is 0 Å². The second-order valence-electron chi connectivity index (χ2n) is 10.8. The molecule has 0 unspecified atom stereocenters. The maximum absolute atomic E-state index is 12.4. The summed E-state index contributed by atoms with van der Waals surface area (Å²) in [7, 11) is 0. The molecule has 0 bridgehead atoms. The van der Waals surface area contributed by atoms with Gasteiger partial charge in [-0.1, -0.05) is 59.6 Å². The molecule has 0 atom stereocenters. The van der Waals surface area contributed by atoms with Crippen molar-refractivity contribution in [3.8, 4) is 11.5 Å². The van der Waals surface area contributed by atoms with Crippen LogP contribution in [0.1, 0.15) is 76.1 Å². The lowest BCUT2D eigenvalue weighted by atomic mass is 9.86. The van der Waals surface area contributed by atoms with E-state index in [0.29, 0.717) is 25.2 Å². The number of hydrogen-bond acceptors (Lipinski definition) is 5. The molecule has 6 nitrogen and oxygen atoms in total. The van der Waals surface area contributed by atoms with Gasteiger partial charge in [0.1, 0.15) is 17.1 Å². The van der Waals surface area contributed by atoms with Gasteiger partial charge in [0.25, 0.3) is 0 Å². The summed E-state index contributed by atoms with van der Waals surface area (Å²) < 4.78 is 17.9. The number of fused-ring (bicyclic) bond motifs is 1. The van der Waals surface area contributed by atoms with E-state index >= 15 is 0 Å². The predicted octanol–water partition coefficient (Wildman–Crippen LogP) is 6.76. The Morgan fingerprint density at radius 3 is 2.24 bits per heavy atom. The molecular formula is C31H40O6. The van der Waals surface area contributed by atoms with Gasteiger partial charge in [-0.25, -0.2) is 4.79 Å². The largest absolute Gasteiger partial charge is 0.493 e. The van der Waals surface area contributed by atoms with Crippen LogP contribution in [-0.4, -0.2) is 24.3 Å². The molecule has 6 heteroatoms. The second-order valence-corrected chi connectivity index (χ2v) is 10.8. The summed E-state index contributed by atoms with van der Waals surface area (Å²) in [6.07, 6.45) is 4.92. The zero-order valence-electron chi connectivity index (χ0n) is 22.8. The van der Waals surface area contributed by atoms with Crippen molar-refractivity contribution in [3.05, 3.63) is 69.1 Å². The van der Waals surface area contributed by atoms with E-state index in [2.05, 4.69) is 34.6 Å². The van der Waals surface area contributed by atoms with Crippen molar-refractivity contribution in [2.75, 3.05) is 13.2 Å². The maximum atomic E-state index is 12.4. The highest BCUT2D eigenvalue weighted by molar-refractivity contribution is 5.85. The maximum Gasteiger partial charge on any atom is 0.336 e. The average Bonchev–Trinajstić information content (AvgIpc) is 2.80. The highest BCUT2D eigenvalue weighted by Crippen LogP contribution is 2.33. The van der Waals surface area contributed by atoms with Gasteiger partial charge in [0.15, 0.2) is 0 Å². The highest BCUT2D eigenvalue weighted by atomic mass is 16.5. The standard InChI is InChI=1S/C31H40O6/c1-6-9-22-17-21(18-28(32)33)11-13-26(22)35-15-8-16-36-27-14-12-24-23(20-31(3,4)5)19-29(34)37-30(24)25(27)10-7-2/h11-14,17,19H,6-10,15-16,18,20H2,1-5H3,(H,32,33). The molecule has 0 saturated heterocycles. The molecule has 1 N–H and O–H groups in total. The molecule has 0 spiro atoms. The van der Waals surface area contributed by atoms with Crippen LogP contribution < -0.4 is 15.1 Å². The van der Waals surface area contributed by atoms with Gasteiger partial charge in [0, 0.05) is 23.4 Å². The van der Waals surface area contributed by atoms with Crippen molar-refractivity contribution in [2.24, 2.45) is 5.41 Å². The summed E-state index contributed by atoms with van der Waals surface area (Å²) >= 11 is 0. The normalized spacial score (nSPS) is 11.6. The van der Waals surface area contributed by atoms with Crippen LogP contribution in [0.4, 0.5) is 0 Å². The van der Waals surface area contributed by atoms with Gasteiger partial charge >= 0.3 is 11.6 Å². The molecule has 0 saturated carbocycles. The molecule has 0 aliphatic heterocycles. The number of aryl methyl sites for hydroxylation is 2. The minimum Gasteiger partial charge on any atom is -0.493 e. The number of ether oxygens (including phenoxy) is 2. The van der Waals surface area contributed by atoms with E-state index in [4.69, 9.17) is 19.0 Å². The summed E-state index contributed by atoms with van der Waals surface area (Å²) in [6.45, 7) is 11.6. The summed E-state index contributed by atoms with van der Waals surface area (Å²) in [5, 5.41) is 10.0. The zero-order valence-corrected chi connectivity index (χ0v) is 22.8. The van der Waals surface area contributed by atoms with Gasteiger partial charge in [-0.05, 0) is 59.6 Å². The van der Waals surface area contributed by atoms with E-state index in [9.17, 15) is 9.59 Å². The van der Waals surface area contributed by atoms with Crippen LogP contribution in [0.3, 0.4) is 0 Å². The van der Waals surface area contributed by atoms with Crippen LogP contribution in [0.15, 0.2) is 45.6 Å². The first-order valence-electron chi connectivity index (χ1n) is 13.3. The van der Waals surface area contributed by atoms with Gasteiger partial charge in [-0.2, -0.15) is 0 Å². The molecule has 1 aromatic heterocycles. The third-order valence-electron chi connectivity index (χ3n) is 6.08. The smallest absolute Gasteiger partial charge is 0.336 e. The van der Waals surface area contributed by atoms with E-state index < -0.39 is 5.97 Å². The van der Waals surface area contributed by atoms with Gasteiger partial charge in [0.05, 0.1) is 19.6 Å². The van der Waals surface area contributed by atoms with E-state index in [0.717, 1.165) is 71.2 Å². The predicted molar refractivity (Wildman–Crippen MR) is 147 cm³/mol. The number of aliphatic carboxylic acids is 1. The summed E-state index contributed by atoms with van der Waals surface area (Å²) in [4.78, 5) is 23.4. The van der Waals surface area contributed by atoms with Crippen molar-refractivity contribution in [1.82, 2.24) is 0 Å². The minimum absolute atomic E-state index is 0.00844. The van der Waals surface area contributed by atoms with Crippen molar-refractivity contribution < 1.29 is 23.8 Å². The van der Waals surface area contributed by atoms with Crippen molar-refractivity contribution in [3.63, 3.8) is 0 Å². The lowest BCUT2D eigenvalue weighted by Crippen LogP contribution is -2.13. The number of carbonyl (C=O) groups is 1. The summed E-state index contributed by atoms with van der Waals surface area (Å²) in [5.41, 5.74) is 4.11. The molecule has 200 valence electrons. The Hall–Kier alpha value is -3.28. The third-order valence-corrected chi connectivity index (χ3v) is 6.08. The molecule has 3 rings (SSSR count). The van der Waals surface area contributed by atoms with Crippen molar-refractivity contribution in [1.29, 1.82) is 0 Å². The lowest BCUT2D eigenvalue weighted by Gasteiger charge is -2.20. The van der Waals surface area contributed by atoms with Gasteiger partial charge in [-0.15, -0.1) is 0 Å². The Balaban J connectivity index is 1.70. The summed E-state index contributed by atoms with van der Waals surface area (Å²) in [5.74, 6) is 0.700. The molecule has 0 fully saturated rings. The van der Waals surface area contributed by atoms with Crippen LogP contribution in [0.5, 0.6) is 11.5 Å². The van der Waals surface area contributed by atoms with Crippen molar-refractivity contribution in [2.45, 2.75) is 79.6 Å². The Kier molecular flexibility index (Phi) is 9.79. The first kappa shape index (κ1) is 28.3. The van der Waals surface area contributed by atoms with E-state index in [1.54, 1.807) is 6.07 Å². The van der Waals surface area contributed by atoms with Crippen LogP contribution in [-0.2, 0) is 30.5 Å². The number of carboxylic acid groups (broad SMARTS) is 1. The quantitative estimate of drug-likeness (QED) is 0.203. The van der Waals surface area contributed by atoms with Crippen molar-refractivity contribution >= 4 is 16.9 Å². The van der Waals surface area contributed by atoms with Crippen LogP contribution in [0.2, 0.25) is 0 Å². The Morgan fingerprint density at radius 1 is 0.919 bits per heavy atom. The van der Waals surface area contributed by atoms with E-state index in [1.807, 2.05) is 30.3 Å². The molecule has 0 aliphatic carbocycles. The topological polar surface area (TPSA) is 86.0 Å². The molecule has 1 heterocycles. The Bertz CT molecular complexity index is 1270. The number of benzene rings is 2. The van der Waals surface area contributed by atoms with Gasteiger partial charge < -0.3 is 19.0 Å². The first-order valence-corrected chi connectivity index (χ1v) is 13.3. The second kappa shape index (κ2) is 12.8. The SMILES string of the molecule is CCCc1cc(CC(=O)O)ccc1OCCCOc1ccc2c(CC(C)(C)C)cc(=O)oc2c1CCC. The zero-order chi connectivity index (χ0) is 27.0. The Labute approximate surface area is 219 Å². The highest BCUT2D eigenvalue weighted by Gasteiger charge is 2.19. The van der Waals surface area contributed by atoms with Crippen LogP contribution >= 0.6 is 0 Å². The third kappa shape index (κ3) is 8.11. The molecule has 0 amide bonds. The van der Waals surface area contributed by atoms with Crippen LogP contribution in [0.25, 0.3) is 11.0 Å². The minimum atomic E-state index is -0.839. The van der Waals surface area contributed by atoms with Gasteiger partial charge in [-0.3, -0.25) is 4.79 Å². The molecule has 3 aromatic rings. The van der Waals surface area contributed by atoms with E-state index in [-0.39, 0.29) is 17.5 Å². The fourth-order valence-corrected chi connectivity index (χ4v) is 4.61. The number of carboxylic acids is 1. The Morgan fingerprint density at radius 2 is 1.59 bits per heavy atom. The lowest BCUT2D eigenvalue weighted by molar-refractivity contribution is -0.136. The molecule has 2 aromatic carbocycles. The van der Waals surface area contributed by atoms with Gasteiger partial charge in [0.2, 0.25) is 0 Å². The molecular weight excluding hydrogens is 468 g/mol. The summed E-state index contributed by atoms with van der Waals surface area (Å²) in [6, 6.07) is 11.2. The fraction of sp³-hybridized carbons (Fsp3) is 0.484.